The topological polar surface area (TPSA) is 69.0 Å². The highest BCUT2D eigenvalue weighted by atomic mass is 19.4. The van der Waals surface area contributed by atoms with Crippen LogP contribution in [0.2, 0.25) is 0 Å². The van der Waals surface area contributed by atoms with E-state index in [1.54, 1.807) is 18.7 Å². The van der Waals surface area contributed by atoms with Gasteiger partial charge in [-0.25, -0.2) is 4.98 Å². The van der Waals surface area contributed by atoms with Crippen molar-refractivity contribution in [3.8, 4) is 5.88 Å². The van der Waals surface area contributed by atoms with Crippen LogP contribution in [0.3, 0.4) is 0 Å². The normalized spacial score (nSPS) is 11.3. The summed E-state index contributed by atoms with van der Waals surface area (Å²) in [5.74, 6) is -0.232. The molecule has 0 aliphatic rings. The summed E-state index contributed by atoms with van der Waals surface area (Å²) in [4.78, 5) is 15.5. The van der Waals surface area contributed by atoms with Crippen molar-refractivity contribution in [1.29, 1.82) is 0 Å². The van der Waals surface area contributed by atoms with E-state index in [9.17, 15) is 18.0 Å². The van der Waals surface area contributed by atoms with Crippen molar-refractivity contribution in [2.75, 3.05) is 13.2 Å². The molecule has 0 spiro atoms. The molecule has 0 fully saturated rings. The molecule has 0 atom stereocenters. The molecule has 0 saturated carbocycles. The van der Waals surface area contributed by atoms with Gasteiger partial charge in [-0.3, -0.25) is 9.48 Å². The number of ether oxygens (including phenoxy) is 1. The summed E-state index contributed by atoms with van der Waals surface area (Å²) in [6.07, 6.45) is -2.27. The van der Waals surface area contributed by atoms with Crippen molar-refractivity contribution in [3.05, 3.63) is 41.3 Å². The van der Waals surface area contributed by atoms with E-state index in [2.05, 4.69) is 15.4 Å². The molecule has 0 radical (unpaired) electrons. The molecule has 2 aromatic heterocycles. The SMILES string of the molecule is Cc1c(C(=O)NCCOc2ccc(C(F)(F)F)cn2)cnn1C. The van der Waals surface area contributed by atoms with Crippen molar-refractivity contribution in [1.82, 2.24) is 20.1 Å². The van der Waals surface area contributed by atoms with E-state index in [1.807, 2.05) is 0 Å². The highest BCUT2D eigenvalue weighted by molar-refractivity contribution is 5.94. The zero-order chi connectivity index (χ0) is 17.0. The Bertz CT molecular complexity index is 680. The van der Waals surface area contributed by atoms with Gasteiger partial charge in [0, 0.05) is 25.0 Å². The van der Waals surface area contributed by atoms with Gasteiger partial charge in [-0.15, -0.1) is 0 Å². The Morgan fingerprint density at radius 2 is 2.09 bits per heavy atom. The van der Waals surface area contributed by atoms with Crippen LogP contribution in [0.1, 0.15) is 21.6 Å². The van der Waals surface area contributed by atoms with Gasteiger partial charge in [0.15, 0.2) is 0 Å². The molecular formula is C14H15F3N4O2. The maximum atomic E-state index is 12.4. The number of halogens is 3. The standard InChI is InChI=1S/C14H15F3N4O2/c1-9-11(8-20-21(9)2)13(22)18-5-6-23-12-4-3-10(7-19-12)14(15,16)17/h3-4,7-8H,5-6H2,1-2H3,(H,18,22). The lowest BCUT2D eigenvalue weighted by Crippen LogP contribution is -2.28. The number of carbonyl (C=O) groups is 1. The van der Waals surface area contributed by atoms with Gasteiger partial charge in [0.25, 0.3) is 5.91 Å². The molecule has 0 aromatic carbocycles. The van der Waals surface area contributed by atoms with Crippen molar-refractivity contribution in [2.24, 2.45) is 7.05 Å². The number of nitrogens with one attached hydrogen (secondary N) is 1. The van der Waals surface area contributed by atoms with Crippen LogP contribution in [-0.2, 0) is 13.2 Å². The third-order valence-electron chi connectivity index (χ3n) is 3.18. The summed E-state index contributed by atoms with van der Waals surface area (Å²) in [5.41, 5.74) is 0.346. The first kappa shape index (κ1) is 16.8. The molecule has 23 heavy (non-hydrogen) atoms. The first-order chi connectivity index (χ1) is 10.8. The van der Waals surface area contributed by atoms with Crippen LogP contribution in [0.4, 0.5) is 13.2 Å². The lowest BCUT2D eigenvalue weighted by molar-refractivity contribution is -0.137. The average molecular weight is 328 g/mol. The molecule has 0 bridgehead atoms. The number of aromatic nitrogens is 3. The second-order valence-corrected chi connectivity index (χ2v) is 4.75. The fourth-order valence-electron chi connectivity index (χ4n) is 1.77. The van der Waals surface area contributed by atoms with Crippen LogP contribution < -0.4 is 10.1 Å². The highest BCUT2D eigenvalue weighted by Gasteiger charge is 2.30. The van der Waals surface area contributed by atoms with Crippen LogP contribution in [0.25, 0.3) is 0 Å². The van der Waals surface area contributed by atoms with E-state index in [0.717, 1.165) is 17.8 Å². The highest BCUT2D eigenvalue weighted by Crippen LogP contribution is 2.29. The quantitative estimate of drug-likeness (QED) is 0.852. The van der Waals surface area contributed by atoms with Gasteiger partial charge in [0.05, 0.1) is 23.9 Å². The van der Waals surface area contributed by atoms with E-state index in [4.69, 9.17) is 4.74 Å². The molecule has 0 aliphatic carbocycles. The van der Waals surface area contributed by atoms with E-state index >= 15 is 0 Å². The van der Waals surface area contributed by atoms with Crippen LogP contribution >= 0.6 is 0 Å². The smallest absolute Gasteiger partial charge is 0.417 e. The van der Waals surface area contributed by atoms with Gasteiger partial charge in [0.1, 0.15) is 6.61 Å². The number of carbonyl (C=O) groups excluding carboxylic acids is 1. The average Bonchev–Trinajstić information content (AvgIpc) is 2.83. The zero-order valence-electron chi connectivity index (χ0n) is 12.5. The summed E-state index contributed by atoms with van der Waals surface area (Å²) in [6.45, 7) is 2.05. The Morgan fingerprint density at radius 3 is 2.61 bits per heavy atom. The zero-order valence-corrected chi connectivity index (χ0v) is 12.5. The van der Waals surface area contributed by atoms with Gasteiger partial charge in [-0.05, 0) is 13.0 Å². The molecule has 6 nitrogen and oxygen atoms in total. The number of alkyl halides is 3. The molecule has 2 aromatic rings. The van der Waals surface area contributed by atoms with E-state index in [0.29, 0.717) is 11.8 Å². The van der Waals surface area contributed by atoms with E-state index in [-0.39, 0.29) is 24.9 Å². The Labute approximate surface area is 130 Å². The lowest BCUT2D eigenvalue weighted by atomic mass is 10.2. The van der Waals surface area contributed by atoms with Gasteiger partial charge < -0.3 is 10.1 Å². The first-order valence-electron chi connectivity index (χ1n) is 6.72. The first-order valence-corrected chi connectivity index (χ1v) is 6.72. The molecule has 124 valence electrons. The monoisotopic (exact) mass is 328 g/mol. The van der Waals surface area contributed by atoms with Crippen molar-refractivity contribution in [3.63, 3.8) is 0 Å². The van der Waals surface area contributed by atoms with Crippen LogP contribution in [0, 0.1) is 6.92 Å². The Balaban J connectivity index is 1.79. The molecule has 2 heterocycles. The van der Waals surface area contributed by atoms with Crippen LogP contribution in [0.15, 0.2) is 24.5 Å². The molecule has 1 amide bonds. The van der Waals surface area contributed by atoms with Crippen molar-refractivity contribution >= 4 is 5.91 Å². The molecule has 2 rings (SSSR count). The predicted octanol–water partition coefficient (Wildman–Crippen LogP) is 1.95. The van der Waals surface area contributed by atoms with Crippen LogP contribution in [-0.4, -0.2) is 33.8 Å². The summed E-state index contributed by atoms with van der Waals surface area (Å²) in [5, 5.41) is 6.60. The van der Waals surface area contributed by atoms with Gasteiger partial charge in [-0.2, -0.15) is 18.3 Å². The second kappa shape index (κ2) is 6.67. The van der Waals surface area contributed by atoms with Crippen molar-refractivity contribution in [2.45, 2.75) is 13.1 Å². The molecule has 9 heteroatoms. The number of hydrogen-bond donors (Lipinski definition) is 1. The summed E-state index contributed by atoms with van der Waals surface area (Å²) in [7, 11) is 1.73. The third-order valence-corrected chi connectivity index (χ3v) is 3.18. The van der Waals surface area contributed by atoms with Crippen molar-refractivity contribution < 1.29 is 22.7 Å². The summed E-state index contributed by atoms with van der Waals surface area (Å²) >= 11 is 0. The van der Waals surface area contributed by atoms with Gasteiger partial charge in [0.2, 0.25) is 5.88 Å². The lowest BCUT2D eigenvalue weighted by Gasteiger charge is -2.09. The summed E-state index contributed by atoms with van der Waals surface area (Å²) in [6, 6.07) is 2.02. The molecule has 1 N–H and O–H groups in total. The largest absolute Gasteiger partial charge is 0.476 e. The Kier molecular flexibility index (Phi) is 4.87. The molecule has 0 aliphatic heterocycles. The number of rotatable bonds is 5. The molecule has 0 saturated heterocycles. The summed E-state index contributed by atoms with van der Waals surface area (Å²) < 4.78 is 43.9. The van der Waals surface area contributed by atoms with Crippen LogP contribution in [0.5, 0.6) is 5.88 Å². The van der Waals surface area contributed by atoms with E-state index in [1.165, 1.54) is 6.20 Å². The molecule has 0 unspecified atom stereocenters. The Hall–Kier alpha value is -2.58. The van der Waals surface area contributed by atoms with Gasteiger partial charge in [-0.1, -0.05) is 0 Å². The predicted molar refractivity (Wildman–Crippen MR) is 75.0 cm³/mol. The van der Waals surface area contributed by atoms with E-state index < -0.39 is 11.7 Å². The number of pyridine rings is 1. The number of aryl methyl sites for hydroxylation is 1. The maximum absolute atomic E-state index is 12.4. The number of amides is 1. The number of nitrogens with zero attached hydrogens (tertiary/aromatic N) is 3. The Morgan fingerprint density at radius 1 is 1.35 bits per heavy atom. The maximum Gasteiger partial charge on any atom is 0.417 e. The third kappa shape index (κ3) is 4.21. The fourth-order valence-corrected chi connectivity index (χ4v) is 1.77. The number of hydrogen-bond acceptors (Lipinski definition) is 4. The second-order valence-electron chi connectivity index (χ2n) is 4.75. The van der Waals surface area contributed by atoms with Gasteiger partial charge >= 0.3 is 6.18 Å². The molecular weight excluding hydrogens is 313 g/mol. The minimum absolute atomic E-state index is 0.0600. The minimum Gasteiger partial charge on any atom is -0.476 e. The minimum atomic E-state index is -4.43. The fraction of sp³-hybridized carbons (Fsp3) is 0.357.